The topological polar surface area (TPSA) is 74.6 Å². The SMILES string of the molecule is CCCCC1CC(C(=O)O)C2C(C(=O)O)CCCC2C1CCCC. The molecule has 2 fully saturated rings. The van der Waals surface area contributed by atoms with E-state index in [0.29, 0.717) is 30.6 Å². The summed E-state index contributed by atoms with van der Waals surface area (Å²) in [5, 5.41) is 19.4. The zero-order chi connectivity index (χ0) is 17.7. The summed E-state index contributed by atoms with van der Waals surface area (Å²) in [6.45, 7) is 4.38. The van der Waals surface area contributed by atoms with Gasteiger partial charge in [-0.1, -0.05) is 52.4 Å². The zero-order valence-electron chi connectivity index (χ0n) is 15.2. The smallest absolute Gasteiger partial charge is 0.306 e. The van der Waals surface area contributed by atoms with Gasteiger partial charge in [-0.05, 0) is 49.4 Å². The Morgan fingerprint density at radius 1 is 0.917 bits per heavy atom. The van der Waals surface area contributed by atoms with E-state index in [0.717, 1.165) is 44.9 Å². The molecule has 24 heavy (non-hydrogen) atoms. The molecule has 138 valence electrons. The maximum absolute atomic E-state index is 11.9. The molecule has 0 heterocycles. The molecule has 2 rings (SSSR count). The van der Waals surface area contributed by atoms with Crippen LogP contribution in [0.4, 0.5) is 0 Å². The van der Waals surface area contributed by atoms with E-state index < -0.39 is 23.8 Å². The Bertz CT molecular complexity index is 433. The molecule has 4 heteroatoms. The second-order valence-corrected chi connectivity index (χ2v) is 8.01. The highest BCUT2D eigenvalue weighted by Crippen LogP contribution is 2.54. The van der Waals surface area contributed by atoms with E-state index >= 15 is 0 Å². The minimum Gasteiger partial charge on any atom is -0.481 e. The van der Waals surface area contributed by atoms with Gasteiger partial charge in [0.1, 0.15) is 0 Å². The zero-order valence-corrected chi connectivity index (χ0v) is 15.2. The van der Waals surface area contributed by atoms with Gasteiger partial charge < -0.3 is 10.2 Å². The molecular formula is C20H34O4. The van der Waals surface area contributed by atoms with Crippen molar-refractivity contribution in [3.05, 3.63) is 0 Å². The van der Waals surface area contributed by atoms with Crippen LogP contribution in [-0.4, -0.2) is 22.2 Å². The number of hydrogen-bond donors (Lipinski definition) is 2. The van der Waals surface area contributed by atoms with Gasteiger partial charge in [0, 0.05) is 0 Å². The maximum Gasteiger partial charge on any atom is 0.306 e. The second-order valence-electron chi connectivity index (χ2n) is 8.01. The average Bonchev–Trinajstić information content (AvgIpc) is 2.56. The van der Waals surface area contributed by atoms with Gasteiger partial charge in [-0.15, -0.1) is 0 Å². The van der Waals surface area contributed by atoms with Gasteiger partial charge >= 0.3 is 11.9 Å². The molecular weight excluding hydrogens is 304 g/mol. The van der Waals surface area contributed by atoms with E-state index in [2.05, 4.69) is 13.8 Å². The van der Waals surface area contributed by atoms with Crippen LogP contribution in [0.25, 0.3) is 0 Å². The molecule has 0 saturated heterocycles. The monoisotopic (exact) mass is 338 g/mol. The summed E-state index contributed by atoms with van der Waals surface area (Å²) in [5.74, 6) is -1.34. The molecule has 6 unspecified atom stereocenters. The fourth-order valence-corrected chi connectivity index (χ4v) is 5.58. The summed E-state index contributed by atoms with van der Waals surface area (Å²) in [6.07, 6.45) is 10.2. The lowest BCUT2D eigenvalue weighted by Crippen LogP contribution is -2.49. The van der Waals surface area contributed by atoms with Crippen molar-refractivity contribution in [1.82, 2.24) is 0 Å². The Morgan fingerprint density at radius 3 is 2.12 bits per heavy atom. The molecule has 4 nitrogen and oxygen atoms in total. The Balaban J connectivity index is 2.29. The molecule has 2 N–H and O–H groups in total. The summed E-state index contributed by atoms with van der Waals surface area (Å²) < 4.78 is 0. The van der Waals surface area contributed by atoms with Crippen molar-refractivity contribution in [2.75, 3.05) is 0 Å². The largest absolute Gasteiger partial charge is 0.481 e. The normalized spacial score (nSPS) is 36.1. The first-order valence-electron chi connectivity index (χ1n) is 9.96. The van der Waals surface area contributed by atoms with Crippen LogP contribution < -0.4 is 0 Å². The molecule has 6 atom stereocenters. The molecule has 2 saturated carbocycles. The summed E-state index contributed by atoms with van der Waals surface area (Å²) in [7, 11) is 0. The molecule has 0 radical (unpaired) electrons. The average molecular weight is 338 g/mol. The Labute approximate surface area is 146 Å². The highest BCUT2D eigenvalue weighted by atomic mass is 16.4. The number of unbranched alkanes of at least 4 members (excludes halogenated alkanes) is 2. The van der Waals surface area contributed by atoms with Crippen LogP contribution in [0.3, 0.4) is 0 Å². The van der Waals surface area contributed by atoms with Crippen LogP contribution in [-0.2, 0) is 9.59 Å². The maximum atomic E-state index is 11.9. The van der Waals surface area contributed by atoms with Gasteiger partial charge in [0.15, 0.2) is 0 Å². The summed E-state index contributed by atoms with van der Waals surface area (Å²) in [4.78, 5) is 23.7. The van der Waals surface area contributed by atoms with E-state index in [-0.39, 0.29) is 5.92 Å². The molecule has 0 amide bonds. The molecule has 2 aliphatic rings. The highest BCUT2D eigenvalue weighted by molar-refractivity contribution is 5.75. The second kappa shape index (κ2) is 8.87. The number of carboxylic acids is 2. The third-order valence-electron chi connectivity index (χ3n) is 6.64. The summed E-state index contributed by atoms with van der Waals surface area (Å²) in [6, 6.07) is 0. The summed E-state index contributed by atoms with van der Waals surface area (Å²) >= 11 is 0. The Kier molecular flexibility index (Phi) is 7.12. The van der Waals surface area contributed by atoms with Gasteiger partial charge in [0.05, 0.1) is 11.8 Å². The third kappa shape index (κ3) is 4.12. The van der Waals surface area contributed by atoms with Crippen LogP contribution in [0.1, 0.15) is 78.1 Å². The Morgan fingerprint density at radius 2 is 1.54 bits per heavy atom. The standard InChI is InChI=1S/C20H34O4/c1-3-5-8-13-12-17(20(23)24)18-15(14(13)9-6-4-2)10-7-11-16(18)19(21)22/h13-18H,3-12H2,1-2H3,(H,21,22)(H,23,24). The quantitative estimate of drug-likeness (QED) is 0.665. The first kappa shape index (κ1) is 19.3. The van der Waals surface area contributed by atoms with Crippen LogP contribution in [0, 0.1) is 35.5 Å². The fraction of sp³-hybridized carbons (Fsp3) is 0.900. The minimum atomic E-state index is -0.780. The van der Waals surface area contributed by atoms with Crippen molar-refractivity contribution >= 4 is 11.9 Å². The van der Waals surface area contributed by atoms with Crippen molar-refractivity contribution in [2.24, 2.45) is 35.5 Å². The number of hydrogen-bond acceptors (Lipinski definition) is 2. The number of carboxylic acid groups (broad SMARTS) is 2. The number of aliphatic carboxylic acids is 2. The lowest BCUT2D eigenvalue weighted by atomic mass is 9.53. The van der Waals surface area contributed by atoms with Crippen LogP contribution >= 0.6 is 0 Å². The minimum absolute atomic E-state index is 0.159. The molecule has 0 aromatic carbocycles. The lowest BCUT2D eigenvalue weighted by Gasteiger charge is -2.51. The molecule has 0 aliphatic heterocycles. The molecule has 0 aromatic heterocycles. The van der Waals surface area contributed by atoms with Gasteiger partial charge in [0.25, 0.3) is 0 Å². The van der Waals surface area contributed by atoms with Gasteiger partial charge in [0.2, 0.25) is 0 Å². The van der Waals surface area contributed by atoms with Crippen LogP contribution in [0.5, 0.6) is 0 Å². The van der Waals surface area contributed by atoms with Crippen molar-refractivity contribution in [1.29, 1.82) is 0 Å². The van der Waals surface area contributed by atoms with E-state index in [9.17, 15) is 19.8 Å². The first-order chi connectivity index (χ1) is 11.5. The van der Waals surface area contributed by atoms with Gasteiger partial charge in [-0.2, -0.15) is 0 Å². The predicted octanol–water partition coefficient (Wildman–Crippen LogP) is 4.82. The highest BCUT2D eigenvalue weighted by Gasteiger charge is 2.52. The lowest BCUT2D eigenvalue weighted by molar-refractivity contribution is -0.161. The van der Waals surface area contributed by atoms with Gasteiger partial charge in [-0.3, -0.25) is 9.59 Å². The van der Waals surface area contributed by atoms with Crippen molar-refractivity contribution in [3.8, 4) is 0 Å². The first-order valence-corrected chi connectivity index (χ1v) is 9.96. The number of fused-ring (bicyclic) bond motifs is 1. The molecule has 0 aromatic rings. The van der Waals surface area contributed by atoms with Crippen molar-refractivity contribution < 1.29 is 19.8 Å². The third-order valence-corrected chi connectivity index (χ3v) is 6.64. The van der Waals surface area contributed by atoms with Crippen molar-refractivity contribution in [3.63, 3.8) is 0 Å². The molecule has 2 aliphatic carbocycles. The molecule has 0 spiro atoms. The van der Waals surface area contributed by atoms with Crippen molar-refractivity contribution in [2.45, 2.75) is 78.1 Å². The van der Waals surface area contributed by atoms with E-state index in [1.165, 1.54) is 6.42 Å². The van der Waals surface area contributed by atoms with Crippen LogP contribution in [0.15, 0.2) is 0 Å². The predicted molar refractivity (Wildman–Crippen MR) is 93.7 cm³/mol. The Hall–Kier alpha value is -1.06. The van der Waals surface area contributed by atoms with Gasteiger partial charge in [-0.25, -0.2) is 0 Å². The van der Waals surface area contributed by atoms with E-state index in [4.69, 9.17) is 0 Å². The number of carbonyl (C=O) groups is 2. The van der Waals surface area contributed by atoms with E-state index in [1.54, 1.807) is 0 Å². The number of rotatable bonds is 8. The van der Waals surface area contributed by atoms with Crippen LogP contribution in [0.2, 0.25) is 0 Å². The fourth-order valence-electron chi connectivity index (χ4n) is 5.58. The molecule has 0 bridgehead atoms. The summed E-state index contributed by atoms with van der Waals surface area (Å²) in [5.41, 5.74) is 0. The van der Waals surface area contributed by atoms with E-state index in [1.807, 2.05) is 0 Å².